The molecule has 1 heterocycles. The minimum Gasteiger partial charge on any atom is -0.383 e. The lowest BCUT2D eigenvalue weighted by molar-refractivity contribution is 0.630. The highest BCUT2D eigenvalue weighted by molar-refractivity contribution is 9.10. The Kier molecular flexibility index (Phi) is 6.43. The minimum atomic E-state index is 0.556. The Labute approximate surface area is 122 Å². The lowest BCUT2D eigenvalue weighted by Gasteiger charge is -2.12. The smallest absolute Gasteiger partial charge is 0.141 e. The average Bonchev–Trinajstić information content (AvgIpc) is 2.31. The summed E-state index contributed by atoms with van der Waals surface area (Å²) in [5, 5.41) is 0.632. The van der Waals surface area contributed by atoms with Crippen LogP contribution in [0.3, 0.4) is 0 Å². The van der Waals surface area contributed by atoms with Crippen LogP contribution in [-0.2, 0) is 12.2 Å². The summed E-state index contributed by atoms with van der Waals surface area (Å²) in [5.74, 6) is 2.79. The second kappa shape index (κ2) is 7.34. The van der Waals surface area contributed by atoms with E-state index in [-0.39, 0.29) is 0 Å². The van der Waals surface area contributed by atoms with E-state index in [2.05, 4.69) is 53.6 Å². The van der Waals surface area contributed by atoms with Crippen molar-refractivity contribution < 1.29 is 0 Å². The molecule has 1 aromatic heterocycles. The first-order valence-corrected chi connectivity index (χ1v) is 8.20. The number of thioether (sulfide) groups is 1. The highest BCUT2D eigenvalue weighted by Gasteiger charge is 2.12. The van der Waals surface area contributed by atoms with Gasteiger partial charge in [0, 0.05) is 5.25 Å². The monoisotopic (exact) mass is 331 g/mol. The predicted octanol–water partition coefficient (Wildman–Crippen LogP) is 4.05. The maximum Gasteiger partial charge on any atom is 0.141 e. The molecule has 1 rings (SSSR count). The molecule has 5 heteroatoms. The van der Waals surface area contributed by atoms with Crippen LogP contribution in [0.1, 0.15) is 45.6 Å². The van der Waals surface area contributed by atoms with E-state index < -0.39 is 0 Å². The molecule has 0 aromatic carbocycles. The molecule has 0 fully saturated rings. The van der Waals surface area contributed by atoms with Crippen molar-refractivity contribution in [1.82, 2.24) is 9.97 Å². The van der Waals surface area contributed by atoms with Gasteiger partial charge < -0.3 is 5.73 Å². The molecule has 1 aromatic rings. The fourth-order valence-electron chi connectivity index (χ4n) is 1.49. The number of hydrogen-bond donors (Lipinski definition) is 1. The van der Waals surface area contributed by atoms with Gasteiger partial charge in [0.15, 0.2) is 0 Å². The number of nitrogens with two attached hydrogens (primary N) is 1. The van der Waals surface area contributed by atoms with Gasteiger partial charge in [0.2, 0.25) is 0 Å². The first-order valence-electron chi connectivity index (χ1n) is 6.36. The van der Waals surface area contributed by atoms with Gasteiger partial charge in [-0.1, -0.05) is 27.7 Å². The van der Waals surface area contributed by atoms with E-state index in [0.717, 1.165) is 34.6 Å². The summed E-state index contributed by atoms with van der Waals surface area (Å²) in [6.07, 6.45) is 2.09. The Morgan fingerprint density at radius 3 is 2.50 bits per heavy atom. The summed E-state index contributed by atoms with van der Waals surface area (Å²) in [5.41, 5.74) is 6.95. The summed E-state index contributed by atoms with van der Waals surface area (Å²) in [4.78, 5) is 8.97. The van der Waals surface area contributed by atoms with Gasteiger partial charge in [-0.15, -0.1) is 0 Å². The van der Waals surface area contributed by atoms with Crippen molar-refractivity contribution in [3.8, 4) is 0 Å². The van der Waals surface area contributed by atoms with E-state index in [4.69, 9.17) is 5.73 Å². The molecule has 1 atom stereocenters. The van der Waals surface area contributed by atoms with Crippen LogP contribution in [-0.4, -0.2) is 15.2 Å². The minimum absolute atomic E-state index is 0.556. The van der Waals surface area contributed by atoms with E-state index in [0.29, 0.717) is 17.0 Å². The van der Waals surface area contributed by atoms with Gasteiger partial charge in [-0.2, -0.15) is 11.8 Å². The second-order valence-electron chi connectivity index (χ2n) is 4.91. The fourth-order valence-corrected chi connectivity index (χ4v) is 2.62. The van der Waals surface area contributed by atoms with E-state index in [1.165, 1.54) is 0 Å². The molecule has 0 saturated carbocycles. The number of aromatic nitrogens is 2. The van der Waals surface area contributed by atoms with Crippen molar-refractivity contribution >= 4 is 33.5 Å². The Morgan fingerprint density at radius 1 is 1.28 bits per heavy atom. The van der Waals surface area contributed by atoms with Gasteiger partial charge in [-0.05, 0) is 34.7 Å². The third kappa shape index (κ3) is 4.76. The lowest BCUT2D eigenvalue weighted by atomic mass is 10.1. The van der Waals surface area contributed by atoms with Crippen molar-refractivity contribution in [3.63, 3.8) is 0 Å². The van der Waals surface area contributed by atoms with Crippen LogP contribution in [0.15, 0.2) is 4.47 Å². The Bertz CT molecular complexity index is 396. The third-order valence-electron chi connectivity index (χ3n) is 2.67. The fraction of sp³-hybridized carbons (Fsp3) is 0.692. The standard InChI is InChI=1S/C13H22BrN3S/c1-5-9(4)18-7-11-16-10(6-8(2)3)12(14)13(15)17-11/h8-9H,5-7H2,1-4H3,(H2,15,16,17). The molecular weight excluding hydrogens is 310 g/mol. The molecule has 0 spiro atoms. The normalized spacial score (nSPS) is 13.0. The van der Waals surface area contributed by atoms with Gasteiger partial charge in [0.25, 0.3) is 0 Å². The van der Waals surface area contributed by atoms with Gasteiger partial charge in [0.05, 0.1) is 15.9 Å². The number of anilines is 1. The Morgan fingerprint density at radius 2 is 1.94 bits per heavy atom. The molecular formula is C13H22BrN3S. The van der Waals surface area contributed by atoms with E-state index in [1.54, 1.807) is 0 Å². The molecule has 0 saturated heterocycles. The summed E-state index contributed by atoms with van der Waals surface area (Å²) in [6.45, 7) is 8.78. The lowest BCUT2D eigenvalue weighted by Crippen LogP contribution is -2.08. The highest BCUT2D eigenvalue weighted by Crippen LogP contribution is 2.25. The molecule has 0 bridgehead atoms. The zero-order chi connectivity index (χ0) is 13.7. The molecule has 3 nitrogen and oxygen atoms in total. The van der Waals surface area contributed by atoms with Crippen molar-refractivity contribution in [2.45, 2.75) is 51.5 Å². The van der Waals surface area contributed by atoms with E-state index in [1.807, 2.05) is 11.8 Å². The van der Waals surface area contributed by atoms with Gasteiger partial charge >= 0.3 is 0 Å². The zero-order valence-corrected chi connectivity index (χ0v) is 13.9. The van der Waals surface area contributed by atoms with Crippen LogP contribution >= 0.6 is 27.7 Å². The van der Waals surface area contributed by atoms with Crippen LogP contribution in [0.4, 0.5) is 5.82 Å². The molecule has 0 radical (unpaired) electrons. The molecule has 0 amide bonds. The van der Waals surface area contributed by atoms with Crippen molar-refractivity contribution in [1.29, 1.82) is 0 Å². The number of nitrogen functional groups attached to an aromatic ring is 1. The number of hydrogen-bond acceptors (Lipinski definition) is 4. The SMILES string of the molecule is CCC(C)SCc1nc(N)c(Br)c(CC(C)C)n1. The van der Waals surface area contributed by atoms with E-state index in [9.17, 15) is 0 Å². The second-order valence-corrected chi connectivity index (χ2v) is 7.13. The molecule has 0 aliphatic heterocycles. The largest absolute Gasteiger partial charge is 0.383 e. The maximum absolute atomic E-state index is 5.93. The van der Waals surface area contributed by atoms with Crippen LogP contribution in [0, 0.1) is 5.92 Å². The molecule has 1 unspecified atom stereocenters. The average molecular weight is 332 g/mol. The van der Waals surface area contributed by atoms with Crippen LogP contribution in [0.25, 0.3) is 0 Å². The quantitative estimate of drug-likeness (QED) is 0.854. The highest BCUT2D eigenvalue weighted by atomic mass is 79.9. The molecule has 0 aliphatic rings. The molecule has 2 N–H and O–H groups in total. The summed E-state index contributed by atoms with van der Waals surface area (Å²) >= 11 is 5.36. The molecule has 18 heavy (non-hydrogen) atoms. The first-order chi connectivity index (χ1) is 8.43. The number of nitrogens with zero attached hydrogens (tertiary/aromatic N) is 2. The van der Waals surface area contributed by atoms with Crippen molar-refractivity contribution in [2.24, 2.45) is 5.92 Å². The Balaban J connectivity index is 2.83. The predicted molar refractivity (Wildman–Crippen MR) is 83.7 cm³/mol. The van der Waals surface area contributed by atoms with E-state index >= 15 is 0 Å². The van der Waals surface area contributed by atoms with Gasteiger partial charge in [0.1, 0.15) is 11.6 Å². The number of halogens is 1. The summed E-state index contributed by atoms with van der Waals surface area (Å²) in [6, 6.07) is 0. The van der Waals surface area contributed by atoms with Crippen LogP contribution < -0.4 is 5.73 Å². The summed E-state index contributed by atoms with van der Waals surface area (Å²) < 4.78 is 0.855. The summed E-state index contributed by atoms with van der Waals surface area (Å²) in [7, 11) is 0. The molecule has 0 aliphatic carbocycles. The topological polar surface area (TPSA) is 51.8 Å². The first kappa shape index (κ1) is 15.8. The third-order valence-corrected chi connectivity index (χ3v) is 4.86. The van der Waals surface area contributed by atoms with Gasteiger partial charge in [-0.3, -0.25) is 0 Å². The Hall–Kier alpha value is -0.290. The van der Waals surface area contributed by atoms with Crippen LogP contribution in [0.5, 0.6) is 0 Å². The van der Waals surface area contributed by atoms with Crippen molar-refractivity contribution in [2.75, 3.05) is 5.73 Å². The molecule has 102 valence electrons. The van der Waals surface area contributed by atoms with Crippen molar-refractivity contribution in [3.05, 3.63) is 16.0 Å². The van der Waals surface area contributed by atoms with Gasteiger partial charge in [-0.25, -0.2) is 9.97 Å². The zero-order valence-electron chi connectivity index (χ0n) is 11.5. The maximum atomic E-state index is 5.93. The number of rotatable bonds is 6. The van der Waals surface area contributed by atoms with Crippen LogP contribution in [0.2, 0.25) is 0 Å².